The molecular formula is C28H20N2. The quantitative estimate of drug-likeness (QED) is 0.300. The van der Waals surface area contributed by atoms with E-state index in [0.29, 0.717) is 0 Å². The normalized spacial score (nSPS) is 15.5. The third-order valence-corrected chi connectivity index (χ3v) is 6.80. The van der Waals surface area contributed by atoms with Crippen molar-refractivity contribution in [3.05, 3.63) is 102 Å². The Bertz CT molecular complexity index is 1650. The third kappa shape index (κ3) is 1.82. The van der Waals surface area contributed by atoms with Crippen LogP contribution in [0.15, 0.2) is 85.1 Å². The largest absolute Gasteiger partial charge is 0.308 e. The van der Waals surface area contributed by atoms with Crippen LogP contribution < -0.4 is 0 Å². The van der Waals surface area contributed by atoms with Gasteiger partial charge in [-0.05, 0) is 35.4 Å². The molecule has 0 N–H and O–H groups in total. The molecule has 3 aromatic carbocycles. The van der Waals surface area contributed by atoms with E-state index in [1.165, 1.54) is 54.8 Å². The van der Waals surface area contributed by atoms with Crippen LogP contribution in [0.1, 0.15) is 30.7 Å². The maximum absolute atomic E-state index is 4.71. The Balaban J connectivity index is 1.73. The van der Waals surface area contributed by atoms with Gasteiger partial charge in [0.1, 0.15) is 0 Å². The van der Waals surface area contributed by atoms with Crippen molar-refractivity contribution in [1.29, 1.82) is 0 Å². The lowest BCUT2D eigenvalue weighted by atomic mass is 9.86. The van der Waals surface area contributed by atoms with E-state index in [0.717, 1.165) is 5.69 Å². The summed E-state index contributed by atoms with van der Waals surface area (Å²) in [6.45, 7) is 4.61. The minimum Gasteiger partial charge on any atom is -0.308 e. The lowest BCUT2D eigenvalue weighted by Crippen LogP contribution is -2.10. The van der Waals surface area contributed by atoms with Gasteiger partial charge in [-0.2, -0.15) is 0 Å². The van der Waals surface area contributed by atoms with Gasteiger partial charge in [0.15, 0.2) is 0 Å². The molecule has 0 radical (unpaired) electrons. The number of allylic oxidation sites excluding steroid dienone is 1. The van der Waals surface area contributed by atoms with E-state index in [1.807, 2.05) is 12.3 Å². The first kappa shape index (κ1) is 16.2. The van der Waals surface area contributed by atoms with Crippen LogP contribution in [-0.4, -0.2) is 9.38 Å². The van der Waals surface area contributed by atoms with E-state index in [4.69, 9.17) is 4.98 Å². The molecule has 0 saturated heterocycles. The van der Waals surface area contributed by atoms with Crippen LogP contribution in [0.25, 0.3) is 43.7 Å². The Hall–Kier alpha value is -3.65. The van der Waals surface area contributed by atoms with Gasteiger partial charge in [0.25, 0.3) is 0 Å². The minimum absolute atomic E-state index is 0.0234. The summed E-state index contributed by atoms with van der Waals surface area (Å²) in [4.78, 5) is 4.71. The van der Waals surface area contributed by atoms with Crippen LogP contribution >= 0.6 is 0 Å². The van der Waals surface area contributed by atoms with Crippen molar-refractivity contribution in [3.63, 3.8) is 0 Å². The first-order valence-corrected chi connectivity index (χ1v) is 10.5. The molecule has 2 nitrogen and oxygen atoms in total. The Labute approximate surface area is 174 Å². The number of pyridine rings is 1. The molecule has 0 spiro atoms. The van der Waals surface area contributed by atoms with Crippen molar-refractivity contribution in [2.24, 2.45) is 0 Å². The molecule has 1 aliphatic carbocycles. The summed E-state index contributed by atoms with van der Waals surface area (Å²) in [5, 5.41) is 5.33. The molecule has 0 saturated carbocycles. The van der Waals surface area contributed by atoms with E-state index in [2.05, 4.69) is 91.1 Å². The monoisotopic (exact) mass is 384 g/mol. The SMILES string of the molecule is CC1(C)C=C(c2ccccn2)c2c1ccc1c2c2cccc3c4ccccc4n1c32. The van der Waals surface area contributed by atoms with Crippen molar-refractivity contribution < 1.29 is 0 Å². The van der Waals surface area contributed by atoms with Gasteiger partial charge >= 0.3 is 0 Å². The fourth-order valence-electron chi connectivity index (χ4n) is 5.57. The van der Waals surface area contributed by atoms with Gasteiger partial charge in [0, 0.05) is 38.7 Å². The zero-order valence-corrected chi connectivity index (χ0v) is 17.0. The summed E-state index contributed by atoms with van der Waals surface area (Å²) in [7, 11) is 0. The number of fused-ring (bicyclic) bond motifs is 8. The summed E-state index contributed by atoms with van der Waals surface area (Å²) in [5.41, 5.74) is 8.88. The van der Waals surface area contributed by atoms with Crippen LogP contribution in [-0.2, 0) is 5.41 Å². The van der Waals surface area contributed by atoms with Gasteiger partial charge in [-0.25, -0.2) is 0 Å². The number of hydrogen-bond acceptors (Lipinski definition) is 1. The fourth-order valence-corrected chi connectivity index (χ4v) is 5.57. The molecule has 0 bridgehead atoms. The highest BCUT2D eigenvalue weighted by atomic mass is 14.9. The standard InChI is InChI=1S/C28H20N2/c1-28(2)16-20(22-11-5-6-15-29-22)25-21(28)13-14-24-26(25)19-10-7-9-18-17-8-3-4-12-23(17)30(24)27(18)19/h3-16H,1-2H3. The molecule has 3 aromatic heterocycles. The van der Waals surface area contributed by atoms with Crippen molar-refractivity contribution in [2.75, 3.05) is 0 Å². The Morgan fingerprint density at radius 2 is 1.53 bits per heavy atom. The first-order valence-electron chi connectivity index (χ1n) is 10.5. The second-order valence-corrected chi connectivity index (χ2v) is 8.93. The second-order valence-electron chi connectivity index (χ2n) is 8.93. The molecule has 6 aromatic rings. The zero-order valence-electron chi connectivity index (χ0n) is 17.0. The average Bonchev–Trinajstić information content (AvgIpc) is 3.39. The molecule has 0 atom stereocenters. The highest BCUT2D eigenvalue weighted by molar-refractivity contribution is 6.25. The van der Waals surface area contributed by atoms with Crippen LogP contribution in [0.4, 0.5) is 0 Å². The predicted octanol–water partition coefficient (Wildman–Crippen LogP) is 6.95. The highest BCUT2D eigenvalue weighted by Gasteiger charge is 2.34. The number of aromatic nitrogens is 2. The zero-order chi connectivity index (χ0) is 20.0. The summed E-state index contributed by atoms with van der Waals surface area (Å²) >= 11 is 0. The van der Waals surface area contributed by atoms with Crippen molar-refractivity contribution in [2.45, 2.75) is 19.3 Å². The van der Waals surface area contributed by atoms with Crippen molar-refractivity contribution in [1.82, 2.24) is 9.38 Å². The van der Waals surface area contributed by atoms with Crippen molar-refractivity contribution in [3.8, 4) is 0 Å². The van der Waals surface area contributed by atoms with Gasteiger partial charge in [-0.3, -0.25) is 4.98 Å². The van der Waals surface area contributed by atoms with Gasteiger partial charge in [0.2, 0.25) is 0 Å². The topological polar surface area (TPSA) is 17.3 Å². The number of rotatable bonds is 1. The van der Waals surface area contributed by atoms with Crippen LogP contribution in [0.3, 0.4) is 0 Å². The van der Waals surface area contributed by atoms with Gasteiger partial charge in [-0.1, -0.05) is 68.5 Å². The number of benzene rings is 3. The number of para-hydroxylation sites is 2. The molecule has 2 heteroatoms. The van der Waals surface area contributed by atoms with E-state index in [-0.39, 0.29) is 5.41 Å². The fraction of sp³-hybridized carbons (Fsp3) is 0.107. The lowest BCUT2D eigenvalue weighted by molar-refractivity contribution is 0.684. The van der Waals surface area contributed by atoms with Crippen molar-refractivity contribution >= 4 is 43.7 Å². The second kappa shape index (κ2) is 5.28. The molecule has 0 amide bonds. The third-order valence-electron chi connectivity index (χ3n) is 6.80. The van der Waals surface area contributed by atoms with Gasteiger partial charge in [-0.15, -0.1) is 0 Å². The molecule has 142 valence electrons. The lowest BCUT2D eigenvalue weighted by Gasteiger charge is -2.18. The summed E-state index contributed by atoms with van der Waals surface area (Å²) in [6, 6.07) is 26.3. The molecular weight excluding hydrogens is 364 g/mol. The minimum atomic E-state index is -0.0234. The maximum Gasteiger partial charge on any atom is 0.0705 e. The number of nitrogens with zero attached hydrogens (tertiary/aromatic N) is 2. The Kier molecular flexibility index (Phi) is 2.85. The Morgan fingerprint density at radius 1 is 0.733 bits per heavy atom. The van der Waals surface area contributed by atoms with E-state index in [9.17, 15) is 0 Å². The molecule has 0 unspecified atom stereocenters. The summed E-state index contributed by atoms with van der Waals surface area (Å²) in [5.74, 6) is 0. The van der Waals surface area contributed by atoms with Gasteiger partial charge in [0.05, 0.1) is 22.2 Å². The Morgan fingerprint density at radius 3 is 2.40 bits per heavy atom. The highest BCUT2D eigenvalue weighted by Crippen LogP contribution is 2.49. The average molecular weight is 384 g/mol. The van der Waals surface area contributed by atoms with Crippen LogP contribution in [0, 0.1) is 0 Å². The molecule has 7 rings (SSSR count). The summed E-state index contributed by atoms with van der Waals surface area (Å²) in [6.07, 6.45) is 4.29. The predicted molar refractivity (Wildman–Crippen MR) is 125 cm³/mol. The van der Waals surface area contributed by atoms with Crippen LogP contribution in [0.2, 0.25) is 0 Å². The molecule has 3 heterocycles. The molecule has 1 aliphatic rings. The first-order chi connectivity index (χ1) is 14.6. The molecule has 30 heavy (non-hydrogen) atoms. The van der Waals surface area contributed by atoms with E-state index in [1.54, 1.807) is 0 Å². The molecule has 0 aliphatic heterocycles. The van der Waals surface area contributed by atoms with E-state index >= 15 is 0 Å². The smallest absolute Gasteiger partial charge is 0.0705 e. The van der Waals surface area contributed by atoms with E-state index < -0.39 is 0 Å². The number of hydrogen-bond donors (Lipinski definition) is 0. The van der Waals surface area contributed by atoms with Crippen LogP contribution in [0.5, 0.6) is 0 Å². The molecule has 0 fully saturated rings. The van der Waals surface area contributed by atoms with Gasteiger partial charge < -0.3 is 4.40 Å². The maximum atomic E-state index is 4.71. The summed E-state index contributed by atoms with van der Waals surface area (Å²) < 4.78 is 2.46.